The number of anilines is 2. The van der Waals surface area contributed by atoms with Crippen molar-refractivity contribution in [2.24, 2.45) is 0 Å². The third-order valence-corrected chi connectivity index (χ3v) is 6.75. The highest BCUT2D eigenvalue weighted by Gasteiger charge is 2.33. The second kappa shape index (κ2) is 7.49. The summed E-state index contributed by atoms with van der Waals surface area (Å²) in [5.41, 5.74) is -1.08. The van der Waals surface area contributed by atoms with Gasteiger partial charge in [-0.1, -0.05) is 18.5 Å². The molecule has 150 valence electrons. The van der Waals surface area contributed by atoms with E-state index < -0.39 is 26.8 Å². The molecule has 0 aromatic heterocycles. The van der Waals surface area contributed by atoms with Crippen molar-refractivity contribution in [3.05, 3.63) is 47.0 Å². The molecule has 1 aliphatic heterocycles. The first-order chi connectivity index (χ1) is 13.0. The number of carbonyl (C=O) groups excluding carboxylic acids is 1. The van der Waals surface area contributed by atoms with E-state index in [4.69, 9.17) is 11.6 Å². The van der Waals surface area contributed by atoms with E-state index in [9.17, 15) is 26.4 Å². The summed E-state index contributed by atoms with van der Waals surface area (Å²) in [7, 11) is -4.19. The highest BCUT2D eigenvalue weighted by atomic mass is 35.5. The maximum atomic E-state index is 13.0. The molecular weight excluding hydrogens is 437 g/mol. The van der Waals surface area contributed by atoms with E-state index in [-0.39, 0.29) is 28.2 Å². The van der Waals surface area contributed by atoms with Crippen LogP contribution >= 0.6 is 23.4 Å². The quantitative estimate of drug-likeness (QED) is 0.691. The van der Waals surface area contributed by atoms with E-state index in [0.717, 1.165) is 12.1 Å². The van der Waals surface area contributed by atoms with Crippen LogP contribution in [0.3, 0.4) is 0 Å². The molecule has 0 radical (unpaired) electrons. The molecule has 3 rings (SSSR count). The highest BCUT2D eigenvalue weighted by Crippen LogP contribution is 2.38. The molecule has 2 aromatic carbocycles. The number of hydrogen-bond donors (Lipinski definition) is 2. The molecule has 0 fully saturated rings. The Labute approximate surface area is 168 Å². The van der Waals surface area contributed by atoms with Crippen molar-refractivity contribution in [2.75, 3.05) is 10.0 Å². The normalized spacial score (nSPS) is 17.5. The zero-order valence-electron chi connectivity index (χ0n) is 14.3. The van der Waals surface area contributed by atoms with Crippen molar-refractivity contribution in [1.82, 2.24) is 0 Å². The average Bonchev–Trinajstić information content (AvgIpc) is 2.70. The van der Waals surface area contributed by atoms with Crippen molar-refractivity contribution in [3.8, 4) is 0 Å². The first-order valence-electron chi connectivity index (χ1n) is 7.96. The molecule has 28 heavy (non-hydrogen) atoms. The van der Waals surface area contributed by atoms with Crippen LogP contribution in [0.4, 0.5) is 24.5 Å². The summed E-state index contributed by atoms with van der Waals surface area (Å²) in [6.45, 7) is 1.88. The van der Waals surface area contributed by atoms with Gasteiger partial charge in [-0.05, 0) is 36.4 Å². The second-order valence-corrected chi connectivity index (χ2v) is 9.71. The lowest BCUT2D eigenvalue weighted by Gasteiger charge is -2.14. The molecule has 0 aliphatic carbocycles. The molecule has 1 amide bonds. The molecule has 0 bridgehead atoms. The van der Waals surface area contributed by atoms with Crippen LogP contribution in [0.1, 0.15) is 18.9 Å². The van der Waals surface area contributed by atoms with E-state index >= 15 is 0 Å². The molecule has 1 atom stereocenters. The van der Waals surface area contributed by atoms with E-state index in [1.807, 2.05) is 6.92 Å². The van der Waals surface area contributed by atoms with Crippen molar-refractivity contribution >= 4 is 50.7 Å². The number of thioether (sulfide) groups is 1. The summed E-state index contributed by atoms with van der Waals surface area (Å²) < 4.78 is 66.3. The summed E-state index contributed by atoms with van der Waals surface area (Å²) in [5, 5.41) is 2.14. The summed E-state index contributed by atoms with van der Waals surface area (Å²) in [5.74, 6) is -0.242. The molecule has 11 heteroatoms. The maximum Gasteiger partial charge on any atom is 0.417 e. The van der Waals surface area contributed by atoms with Gasteiger partial charge in [0.05, 0.1) is 21.2 Å². The zero-order valence-corrected chi connectivity index (χ0v) is 16.7. The number of fused-ring (bicyclic) bond motifs is 1. The van der Waals surface area contributed by atoms with Crippen LogP contribution in [0.2, 0.25) is 5.02 Å². The van der Waals surface area contributed by atoms with Crippen LogP contribution in [-0.4, -0.2) is 19.6 Å². The molecule has 1 aliphatic rings. The Morgan fingerprint density at radius 1 is 1.21 bits per heavy atom. The number of benzene rings is 2. The van der Waals surface area contributed by atoms with Crippen molar-refractivity contribution in [1.29, 1.82) is 0 Å². The summed E-state index contributed by atoms with van der Waals surface area (Å²) in [6, 6.07) is 6.90. The number of hydrogen-bond acceptors (Lipinski definition) is 4. The van der Waals surface area contributed by atoms with Gasteiger partial charge in [-0.25, -0.2) is 8.42 Å². The van der Waals surface area contributed by atoms with Crippen LogP contribution in [-0.2, 0) is 21.0 Å². The minimum absolute atomic E-state index is 0.0247. The van der Waals surface area contributed by atoms with Crippen LogP contribution < -0.4 is 10.0 Å². The van der Waals surface area contributed by atoms with Gasteiger partial charge in [0.1, 0.15) is 0 Å². The smallest absolute Gasteiger partial charge is 0.325 e. The fourth-order valence-corrected chi connectivity index (χ4v) is 4.97. The Hall–Kier alpha value is -1.91. The van der Waals surface area contributed by atoms with Gasteiger partial charge in [-0.15, -0.1) is 11.8 Å². The second-order valence-electron chi connectivity index (χ2n) is 6.14. The van der Waals surface area contributed by atoms with E-state index in [0.29, 0.717) is 16.6 Å². The first-order valence-corrected chi connectivity index (χ1v) is 10.7. The van der Waals surface area contributed by atoms with Crippen molar-refractivity contribution in [3.63, 3.8) is 0 Å². The highest BCUT2D eigenvalue weighted by molar-refractivity contribution is 8.00. The monoisotopic (exact) mass is 450 g/mol. The van der Waals surface area contributed by atoms with Gasteiger partial charge in [0.15, 0.2) is 0 Å². The molecule has 0 saturated heterocycles. The van der Waals surface area contributed by atoms with Gasteiger partial charge in [0, 0.05) is 22.3 Å². The summed E-state index contributed by atoms with van der Waals surface area (Å²) >= 11 is 6.98. The fourth-order valence-electron chi connectivity index (χ4n) is 2.62. The largest absolute Gasteiger partial charge is 0.417 e. The third-order valence-electron chi connectivity index (χ3n) is 3.86. The Morgan fingerprint density at radius 3 is 2.61 bits per heavy atom. The number of sulfonamides is 1. The Bertz CT molecular complexity index is 1040. The molecule has 1 heterocycles. The van der Waals surface area contributed by atoms with Gasteiger partial charge in [-0.3, -0.25) is 9.52 Å². The number of nitrogens with one attached hydrogen (secondary N) is 2. The van der Waals surface area contributed by atoms with Gasteiger partial charge in [0.2, 0.25) is 5.91 Å². The first kappa shape index (κ1) is 20.8. The SMILES string of the molecule is C[C@@H]1CC(=O)Nc2cc(S(=O)(=O)Nc3ccc(Cl)c(C(F)(F)F)c3)ccc2S1. The van der Waals surface area contributed by atoms with Crippen molar-refractivity contribution in [2.45, 2.75) is 34.6 Å². The molecule has 0 spiro atoms. The lowest BCUT2D eigenvalue weighted by Crippen LogP contribution is -2.16. The fraction of sp³-hybridized carbons (Fsp3) is 0.235. The van der Waals surface area contributed by atoms with Crippen LogP contribution in [0.25, 0.3) is 0 Å². The predicted molar refractivity (Wildman–Crippen MR) is 102 cm³/mol. The number of halogens is 4. The number of amides is 1. The summed E-state index contributed by atoms with van der Waals surface area (Å²) in [6.07, 6.45) is -4.44. The Morgan fingerprint density at radius 2 is 1.93 bits per heavy atom. The van der Waals surface area contributed by atoms with Gasteiger partial charge < -0.3 is 5.32 Å². The minimum Gasteiger partial charge on any atom is -0.325 e. The van der Waals surface area contributed by atoms with Gasteiger partial charge in [-0.2, -0.15) is 13.2 Å². The average molecular weight is 451 g/mol. The van der Waals surface area contributed by atoms with Gasteiger partial charge >= 0.3 is 6.18 Å². The predicted octanol–water partition coefficient (Wildman–Crippen LogP) is 4.98. The molecule has 0 unspecified atom stereocenters. The standard InChI is InChI=1S/C17H14ClF3N2O3S2/c1-9-6-16(24)22-14-8-11(3-5-15(14)27-9)28(25,26)23-10-2-4-13(18)12(7-10)17(19,20)21/h2-5,7-9,23H,6H2,1H3,(H,22,24)/t9-/m1/s1. The Balaban J connectivity index is 1.93. The number of alkyl halides is 3. The van der Waals surface area contributed by atoms with E-state index in [1.165, 1.54) is 23.9 Å². The molecule has 5 nitrogen and oxygen atoms in total. The lowest BCUT2D eigenvalue weighted by molar-refractivity contribution is -0.137. The Kier molecular flexibility index (Phi) is 5.57. The molecule has 0 saturated carbocycles. The van der Waals surface area contributed by atoms with E-state index in [1.54, 1.807) is 6.07 Å². The van der Waals surface area contributed by atoms with Crippen LogP contribution in [0.5, 0.6) is 0 Å². The minimum atomic E-state index is -4.72. The van der Waals surface area contributed by atoms with E-state index in [2.05, 4.69) is 10.0 Å². The maximum absolute atomic E-state index is 13.0. The molecule has 2 N–H and O–H groups in total. The van der Waals surface area contributed by atoms with Crippen molar-refractivity contribution < 1.29 is 26.4 Å². The molecule has 2 aromatic rings. The van der Waals surface area contributed by atoms with Crippen LogP contribution in [0, 0.1) is 0 Å². The summed E-state index contributed by atoms with van der Waals surface area (Å²) in [4.78, 5) is 12.4. The number of rotatable bonds is 3. The topological polar surface area (TPSA) is 75.3 Å². The third kappa shape index (κ3) is 4.56. The number of carbonyl (C=O) groups is 1. The van der Waals surface area contributed by atoms with Crippen LogP contribution in [0.15, 0.2) is 46.2 Å². The lowest BCUT2D eigenvalue weighted by atomic mass is 10.2. The zero-order chi connectivity index (χ0) is 20.7. The molecular formula is C17H14ClF3N2O3S2. The van der Waals surface area contributed by atoms with Gasteiger partial charge in [0.25, 0.3) is 10.0 Å².